The van der Waals surface area contributed by atoms with Crippen molar-refractivity contribution in [2.45, 2.75) is 73.9 Å². The highest BCUT2D eigenvalue weighted by atomic mass is 127. The summed E-state index contributed by atoms with van der Waals surface area (Å²) >= 11 is 0.349. The zero-order valence-electron chi connectivity index (χ0n) is 13.4. The second kappa shape index (κ2) is 7.63. The molecule has 1 aliphatic rings. The van der Waals surface area contributed by atoms with Crippen LogP contribution >= 0.6 is 22.6 Å². The van der Waals surface area contributed by atoms with E-state index in [1.165, 1.54) is 0 Å². The predicted molar refractivity (Wildman–Crippen MR) is 79.1 cm³/mol. The zero-order chi connectivity index (χ0) is 22.4. The Balaban J connectivity index is 3.38. The number of hydrogen-bond acceptors (Lipinski definition) is 1. The van der Waals surface area contributed by atoms with Gasteiger partial charge in [0.15, 0.2) is 0 Å². The first-order valence-corrected chi connectivity index (χ1v) is 8.52. The minimum absolute atomic E-state index is 0.0901. The number of rotatable bonds is 6. The lowest BCUT2D eigenvalue weighted by Gasteiger charge is -2.39. The third-order valence-corrected chi connectivity index (χ3v) is 5.02. The minimum Gasteiger partial charge on any atom is -0.274 e. The second-order valence-electron chi connectivity index (χ2n) is 6.08. The molecule has 0 bridgehead atoms. The maximum Gasteiger partial charge on any atom is 0.460 e. The standard InChI is InChI=1S/C13H11F13IN/c14-8(15,7(27)28-6-4-2-1-3-5-6)9(16,17)10(18,19)11(20,21)12(22,23)13(24,25)26/h6H,1-5H2. The van der Waals surface area contributed by atoms with Gasteiger partial charge in [-0.05, 0) is 35.4 Å². The van der Waals surface area contributed by atoms with Crippen LogP contribution in [-0.2, 0) is 0 Å². The van der Waals surface area contributed by atoms with E-state index in [2.05, 4.69) is 4.99 Å². The molecule has 0 atom stereocenters. The lowest BCUT2D eigenvalue weighted by molar-refractivity contribution is -0.434. The molecule has 1 nitrogen and oxygen atoms in total. The highest BCUT2D eigenvalue weighted by Gasteiger charge is 2.91. The van der Waals surface area contributed by atoms with Gasteiger partial charge in [-0.2, -0.15) is 57.1 Å². The monoisotopic (exact) mass is 555 g/mol. The van der Waals surface area contributed by atoms with Crippen molar-refractivity contribution in [3.63, 3.8) is 0 Å². The maximum atomic E-state index is 13.8. The van der Waals surface area contributed by atoms with Crippen LogP contribution in [0.1, 0.15) is 32.1 Å². The van der Waals surface area contributed by atoms with Gasteiger partial charge >= 0.3 is 35.8 Å². The fourth-order valence-electron chi connectivity index (χ4n) is 2.35. The van der Waals surface area contributed by atoms with Crippen molar-refractivity contribution in [3.8, 4) is 0 Å². The Kier molecular flexibility index (Phi) is 6.96. The SMILES string of the molecule is FC(F)(F)C(F)(F)C(F)(F)C(F)(F)C(F)(F)C(F)(F)C(I)=NC1CCCCC1. The summed E-state index contributed by atoms with van der Waals surface area (Å²) in [4.78, 5) is 3.07. The lowest BCUT2D eigenvalue weighted by atomic mass is 9.93. The van der Waals surface area contributed by atoms with Crippen LogP contribution in [0.5, 0.6) is 0 Å². The third kappa shape index (κ3) is 3.91. The summed E-state index contributed by atoms with van der Waals surface area (Å²) in [6.07, 6.45) is -5.74. The van der Waals surface area contributed by atoms with Gasteiger partial charge in [-0.1, -0.05) is 19.3 Å². The van der Waals surface area contributed by atoms with Crippen LogP contribution in [-0.4, -0.2) is 45.5 Å². The molecule has 0 heterocycles. The maximum absolute atomic E-state index is 13.8. The second-order valence-corrected chi connectivity index (χ2v) is 7.10. The summed E-state index contributed by atoms with van der Waals surface area (Å²) in [7, 11) is 0. The number of hydrogen-bond donors (Lipinski definition) is 0. The number of halogens is 14. The highest BCUT2D eigenvalue weighted by Crippen LogP contribution is 2.60. The molecule has 0 unspecified atom stereocenters. The summed E-state index contributed by atoms with van der Waals surface area (Å²) in [5.74, 6) is -36.9. The first-order valence-electron chi connectivity index (χ1n) is 7.44. The molecule has 1 aliphatic carbocycles. The van der Waals surface area contributed by atoms with Crippen LogP contribution in [0.4, 0.5) is 57.1 Å². The van der Waals surface area contributed by atoms with Crippen molar-refractivity contribution in [1.82, 2.24) is 0 Å². The van der Waals surface area contributed by atoms with E-state index >= 15 is 0 Å². The minimum atomic E-state index is -7.88. The van der Waals surface area contributed by atoms with Gasteiger partial charge in [0.1, 0.15) is 3.72 Å². The lowest BCUT2D eigenvalue weighted by Crippen LogP contribution is -2.70. The Morgan fingerprint density at radius 2 is 1.00 bits per heavy atom. The van der Waals surface area contributed by atoms with E-state index in [1.807, 2.05) is 0 Å². The molecule has 0 spiro atoms. The van der Waals surface area contributed by atoms with Crippen molar-refractivity contribution < 1.29 is 57.1 Å². The molecular weight excluding hydrogens is 544 g/mol. The largest absolute Gasteiger partial charge is 0.460 e. The van der Waals surface area contributed by atoms with Crippen molar-refractivity contribution in [2.75, 3.05) is 0 Å². The molecule has 0 aliphatic heterocycles. The average molecular weight is 555 g/mol. The Morgan fingerprint density at radius 1 is 0.607 bits per heavy atom. The molecule has 0 saturated heterocycles. The van der Waals surface area contributed by atoms with E-state index in [9.17, 15) is 57.1 Å². The summed E-state index contributed by atoms with van der Waals surface area (Å²) in [5.41, 5.74) is 0. The predicted octanol–water partition coefficient (Wildman–Crippen LogP) is 6.89. The molecule has 1 rings (SSSR count). The van der Waals surface area contributed by atoms with Crippen LogP contribution in [0.2, 0.25) is 0 Å². The van der Waals surface area contributed by atoms with Crippen LogP contribution in [0.3, 0.4) is 0 Å². The van der Waals surface area contributed by atoms with Gasteiger partial charge in [0, 0.05) is 0 Å². The van der Waals surface area contributed by atoms with E-state index in [0.29, 0.717) is 41.9 Å². The van der Waals surface area contributed by atoms with Crippen molar-refractivity contribution in [2.24, 2.45) is 4.99 Å². The van der Waals surface area contributed by atoms with Crippen molar-refractivity contribution in [3.05, 3.63) is 0 Å². The fourth-order valence-corrected chi connectivity index (χ4v) is 3.08. The molecule has 0 amide bonds. The number of nitrogens with zero attached hydrogens (tertiary/aromatic N) is 1. The Labute approximate surface area is 162 Å². The fraction of sp³-hybridized carbons (Fsp3) is 0.923. The van der Waals surface area contributed by atoms with Crippen LogP contribution in [0, 0.1) is 0 Å². The van der Waals surface area contributed by atoms with Gasteiger partial charge in [0.25, 0.3) is 0 Å². The van der Waals surface area contributed by atoms with E-state index in [-0.39, 0.29) is 12.8 Å². The van der Waals surface area contributed by atoms with Gasteiger partial charge in [-0.3, -0.25) is 4.99 Å². The molecule has 0 aromatic rings. The van der Waals surface area contributed by atoms with E-state index in [4.69, 9.17) is 0 Å². The topological polar surface area (TPSA) is 12.4 Å². The van der Waals surface area contributed by atoms with Gasteiger partial charge in [-0.25, -0.2) is 0 Å². The van der Waals surface area contributed by atoms with Gasteiger partial charge < -0.3 is 0 Å². The third-order valence-electron chi connectivity index (χ3n) is 4.06. The summed E-state index contributed by atoms with van der Waals surface area (Å²) in [6, 6.07) is -1.03. The highest BCUT2D eigenvalue weighted by molar-refractivity contribution is 14.1. The Bertz CT molecular complexity index is 590. The molecule has 0 aromatic heterocycles. The van der Waals surface area contributed by atoms with Crippen LogP contribution in [0.15, 0.2) is 4.99 Å². The van der Waals surface area contributed by atoms with Crippen LogP contribution < -0.4 is 0 Å². The molecular formula is C13H11F13IN. The Hall–Kier alpha value is -0.510. The van der Waals surface area contributed by atoms with Gasteiger partial charge in [-0.15, -0.1) is 0 Å². The molecule has 28 heavy (non-hydrogen) atoms. The van der Waals surface area contributed by atoms with E-state index in [1.54, 1.807) is 0 Å². The smallest absolute Gasteiger partial charge is 0.274 e. The molecule has 166 valence electrons. The number of aliphatic imine (C=N–C) groups is 1. The first-order chi connectivity index (χ1) is 12.2. The van der Waals surface area contributed by atoms with E-state index in [0.717, 1.165) is 0 Å². The molecule has 0 N–H and O–H groups in total. The van der Waals surface area contributed by atoms with Gasteiger partial charge in [0.2, 0.25) is 0 Å². The normalized spacial score (nSPS) is 19.9. The molecule has 15 heteroatoms. The van der Waals surface area contributed by atoms with Gasteiger partial charge in [0.05, 0.1) is 6.04 Å². The first kappa shape index (κ1) is 25.5. The van der Waals surface area contributed by atoms with Crippen molar-refractivity contribution >= 4 is 26.3 Å². The summed E-state index contributed by atoms with van der Waals surface area (Å²) in [5, 5.41) is 0. The summed E-state index contributed by atoms with van der Waals surface area (Å²) in [6.45, 7) is 0. The molecule has 0 radical (unpaired) electrons. The molecule has 1 fully saturated rings. The number of alkyl halides is 13. The molecule has 1 saturated carbocycles. The van der Waals surface area contributed by atoms with Crippen molar-refractivity contribution in [1.29, 1.82) is 0 Å². The summed E-state index contributed by atoms with van der Waals surface area (Å²) < 4.78 is 167. The molecule has 0 aromatic carbocycles. The Morgan fingerprint density at radius 3 is 1.39 bits per heavy atom. The van der Waals surface area contributed by atoms with E-state index < -0.39 is 45.5 Å². The van der Waals surface area contributed by atoms with Crippen LogP contribution in [0.25, 0.3) is 0 Å². The quantitative estimate of drug-likeness (QED) is 0.193. The average Bonchev–Trinajstić information content (AvgIpc) is 2.53. The zero-order valence-corrected chi connectivity index (χ0v) is 15.5.